The fourth-order valence-electron chi connectivity index (χ4n) is 2.33. The van der Waals surface area contributed by atoms with Gasteiger partial charge in [0.1, 0.15) is 0 Å². The number of nitrogens with one attached hydrogen (secondary N) is 2. The van der Waals surface area contributed by atoms with Crippen LogP contribution < -0.4 is 16.6 Å². The van der Waals surface area contributed by atoms with Gasteiger partial charge in [0.05, 0.1) is 11.3 Å². The van der Waals surface area contributed by atoms with Gasteiger partial charge in [-0.05, 0) is 20.2 Å². The van der Waals surface area contributed by atoms with Crippen molar-refractivity contribution in [2.24, 2.45) is 5.84 Å². The van der Waals surface area contributed by atoms with E-state index in [1.807, 2.05) is 0 Å². The predicted molar refractivity (Wildman–Crippen MR) is 78.3 cm³/mol. The Morgan fingerprint density at radius 1 is 1.50 bits per heavy atom. The van der Waals surface area contributed by atoms with Gasteiger partial charge in [0, 0.05) is 44.6 Å². The van der Waals surface area contributed by atoms with Gasteiger partial charge in [-0.1, -0.05) is 0 Å². The number of nitrogens with zero attached hydrogens (tertiary/aromatic N) is 3. The van der Waals surface area contributed by atoms with Crippen molar-refractivity contribution in [3.05, 3.63) is 24.0 Å². The molecule has 0 saturated carbocycles. The number of carbonyl (C=O) groups excluding carboxylic acids is 1. The molecule has 1 amide bonds. The first kappa shape index (κ1) is 14.7. The van der Waals surface area contributed by atoms with Crippen LogP contribution in [-0.4, -0.2) is 67.0 Å². The van der Waals surface area contributed by atoms with Crippen molar-refractivity contribution in [3.63, 3.8) is 0 Å². The monoisotopic (exact) mass is 278 g/mol. The maximum absolute atomic E-state index is 12.2. The average molecular weight is 278 g/mol. The molecule has 0 spiro atoms. The van der Waals surface area contributed by atoms with Crippen LogP contribution in [-0.2, 0) is 0 Å². The second-order valence-electron chi connectivity index (χ2n) is 5.17. The summed E-state index contributed by atoms with van der Waals surface area (Å²) in [6.07, 6.45) is 3.11. The highest BCUT2D eigenvalue weighted by atomic mass is 16.1. The molecular formula is C13H22N6O. The summed E-state index contributed by atoms with van der Waals surface area (Å²) < 4.78 is 0. The zero-order valence-corrected chi connectivity index (χ0v) is 12.0. The molecule has 2 heterocycles. The molecule has 1 aromatic rings. The summed E-state index contributed by atoms with van der Waals surface area (Å²) in [4.78, 5) is 20.7. The van der Waals surface area contributed by atoms with Gasteiger partial charge in [-0.25, -0.2) is 0 Å². The van der Waals surface area contributed by atoms with E-state index in [-0.39, 0.29) is 5.91 Å². The first-order chi connectivity index (χ1) is 9.61. The van der Waals surface area contributed by atoms with E-state index >= 15 is 0 Å². The van der Waals surface area contributed by atoms with Crippen LogP contribution in [0.15, 0.2) is 18.5 Å². The molecule has 20 heavy (non-hydrogen) atoms. The van der Waals surface area contributed by atoms with Crippen LogP contribution in [0.2, 0.25) is 0 Å². The van der Waals surface area contributed by atoms with E-state index in [0.717, 1.165) is 19.6 Å². The van der Waals surface area contributed by atoms with Crippen LogP contribution in [0.5, 0.6) is 0 Å². The maximum atomic E-state index is 12.2. The SMILES string of the molecule is CN1CCN(C)C(CNC(=O)c2cnccc2NN)C1. The molecule has 2 rings (SSSR count). The van der Waals surface area contributed by atoms with E-state index in [1.165, 1.54) is 6.20 Å². The standard InChI is InChI=1S/C13H22N6O/c1-18-5-6-19(2)10(9-18)7-16-13(20)11-8-15-4-3-12(11)17-14/h3-4,8,10H,5-7,9,14H2,1-2H3,(H,15,17)(H,16,20). The molecule has 0 aromatic carbocycles. The Balaban J connectivity index is 1.94. The Bertz CT molecular complexity index is 466. The topological polar surface area (TPSA) is 86.5 Å². The molecule has 4 N–H and O–H groups in total. The first-order valence-corrected chi connectivity index (χ1v) is 6.69. The third-order valence-corrected chi connectivity index (χ3v) is 3.70. The Hall–Kier alpha value is -1.70. The molecule has 0 radical (unpaired) electrons. The van der Waals surface area contributed by atoms with Gasteiger partial charge in [0.2, 0.25) is 0 Å². The van der Waals surface area contributed by atoms with E-state index < -0.39 is 0 Å². The van der Waals surface area contributed by atoms with Crippen LogP contribution in [0.1, 0.15) is 10.4 Å². The minimum Gasteiger partial charge on any atom is -0.350 e. The fourth-order valence-corrected chi connectivity index (χ4v) is 2.33. The van der Waals surface area contributed by atoms with Gasteiger partial charge < -0.3 is 15.6 Å². The minimum absolute atomic E-state index is 0.160. The highest BCUT2D eigenvalue weighted by Gasteiger charge is 2.23. The maximum Gasteiger partial charge on any atom is 0.255 e. The largest absolute Gasteiger partial charge is 0.350 e. The third-order valence-electron chi connectivity index (χ3n) is 3.70. The van der Waals surface area contributed by atoms with Gasteiger partial charge in [-0.3, -0.25) is 20.5 Å². The van der Waals surface area contributed by atoms with E-state index in [1.54, 1.807) is 12.3 Å². The van der Waals surface area contributed by atoms with Crippen molar-refractivity contribution in [2.45, 2.75) is 6.04 Å². The fraction of sp³-hybridized carbons (Fsp3) is 0.538. The molecule has 1 aromatic heterocycles. The first-order valence-electron chi connectivity index (χ1n) is 6.69. The lowest BCUT2D eigenvalue weighted by atomic mass is 10.1. The quantitative estimate of drug-likeness (QED) is 0.501. The summed E-state index contributed by atoms with van der Waals surface area (Å²) in [5, 5.41) is 2.95. The number of amides is 1. The van der Waals surface area contributed by atoms with Crippen molar-refractivity contribution < 1.29 is 4.79 Å². The normalized spacial score (nSPS) is 20.6. The lowest BCUT2D eigenvalue weighted by Gasteiger charge is -2.37. The summed E-state index contributed by atoms with van der Waals surface area (Å²) in [6.45, 7) is 3.63. The smallest absolute Gasteiger partial charge is 0.255 e. The lowest BCUT2D eigenvalue weighted by molar-refractivity contribution is 0.0881. The minimum atomic E-state index is -0.160. The molecule has 1 unspecified atom stereocenters. The lowest BCUT2D eigenvalue weighted by Crippen LogP contribution is -2.54. The summed E-state index contributed by atoms with van der Waals surface area (Å²) >= 11 is 0. The number of anilines is 1. The molecule has 0 bridgehead atoms. The zero-order chi connectivity index (χ0) is 14.5. The molecule has 1 aliphatic rings. The van der Waals surface area contributed by atoms with Crippen molar-refractivity contribution in [3.8, 4) is 0 Å². The van der Waals surface area contributed by atoms with Crippen molar-refractivity contribution in [1.29, 1.82) is 0 Å². The summed E-state index contributed by atoms with van der Waals surface area (Å²) in [5.41, 5.74) is 3.55. The number of likely N-dealkylation sites (N-methyl/N-ethyl adjacent to an activating group) is 2. The Kier molecular flexibility index (Phi) is 4.89. The molecule has 1 fully saturated rings. The van der Waals surface area contributed by atoms with E-state index in [2.05, 4.69) is 39.6 Å². The zero-order valence-electron chi connectivity index (χ0n) is 12.0. The van der Waals surface area contributed by atoms with Crippen LogP contribution in [0.4, 0.5) is 5.69 Å². The van der Waals surface area contributed by atoms with Gasteiger partial charge in [-0.2, -0.15) is 0 Å². The number of hydrogen-bond donors (Lipinski definition) is 3. The summed E-state index contributed by atoms with van der Waals surface area (Å²) in [6, 6.07) is 2.00. The highest BCUT2D eigenvalue weighted by Crippen LogP contribution is 2.12. The molecule has 7 nitrogen and oxygen atoms in total. The Morgan fingerprint density at radius 3 is 3.05 bits per heavy atom. The second kappa shape index (κ2) is 6.65. The number of rotatable bonds is 4. The number of nitrogen functional groups attached to an aromatic ring is 1. The number of carbonyl (C=O) groups is 1. The second-order valence-corrected chi connectivity index (χ2v) is 5.17. The number of hydrazine groups is 1. The van der Waals surface area contributed by atoms with Crippen LogP contribution in [0.25, 0.3) is 0 Å². The number of piperazine rings is 1. The number of nitrogens with two attached hydrogens (primary N) is 1. The predicted octanol–water partition coefficient (Wildman–Crippen LogP) is -0.657. The molecule has 0 aliphatic carbocycles. The third kappa shape index (κ3) is 3.44. The van der Waals surface area contributed by atoms with E-state index in [9.17, 15) is 4.79 Å². The Labute approximate surface area is 119 Å². The molecule has 1 saturated heterocycles. The number of hydrogen-bond acceptors (Lipinski definition) is 6. The molecule has 7 heteroatoms. The van der Waals surface area contributed by atoms with Gasteiger partial charge in [0.25, 0.3) is 5.91 Å². The van der Waals surface area contributed by atoms with Gasteiger partial charge in [-0.15, -0.1) is 0 Å². The van der Waals surface area contributed by atoms with Gasteiger partial charge >= 0.3 is 0 Å². The van der Waals surface area contributed by atoms with Crippen LogP contribution >= 0.6 is 0 Å². The van der Waals surface area contributed by atoms with Crippen molar-refractivity contribution in [2.75, 3.05) is 45.7 Å². The number of pyridine rings is 1. The van der Waals surface area contributed by atoms with E-state index in [4.69, 9.17) is 5.84 Å². The molecule has 1 atom stereocenters. The molecular weight excluding hydrogens is 256 g/mol. The summed E-state index contributed by atoms with van der Waals surface area (Å²) in [7, 11) is 4.18. The van der Waals surface area contributed by atoms with Gasteiger partial charge in [0.15, 0.2) is 0 Å². The van der Waals surface area contributed by atoms with Crippen LogP contribution in [0, 0.1) is 0 Å². The summed E-state index contributed by atoms with van der Waals surface area (Å²) in [5.74, 6) is 5.24. The average Bonchev–Trinajstić information content (AvgIpc) is 2.47. The highest BCUT2D eigenvalue weighted by molar-refractivity contribution is 5.99. The molecule has 110 valence electrons. The van der Waals surface area contributed by atoms with Crippen molar-refractivity contribution in [1.82, 2.24) is 20.1 Å². The van der Waals surface area contributed by atoms with E-state index in [0.29, 0.717) is 23.8 Å². The Morgan fingerprint density at radius 2 is 2.30 bits per heavy atom. The van der Waals surface area contributed by atoms with Crippen molar-refractivity contribution >= 4 is 11.6 Å². The molecule has 1 aliphatic heterocycles. The van der Waals surface area contributed by atoms with Crippen LogP contribution in [0.3, 0.4) is 0 Å². The number of aromatic nitrogens is 1.